The van der Waals surface area contributed by atoms with Crippen molar-refractivity contribution in [3.63, 3.8) is 0 Å². The predicted molar refractivity (Wildman–Crippen MR) is 143 cm³/mol. The highest BCUT2D eigenvalue weighted by Crippen LogP contribution is 2.26. The van der Waals surface area contributed by atoms with Gasteiger partial charge < -0.3 is 19.9 Å². The van der Waals surface area contributed by atoms with Crippen LogP contribution in [0.1, 0.15) is 44.6 Å². The maximum Gasteiger partial charge on any atom is 0.321 e. The molecule has 2 aromatic rings. The van der Waals surface area contributed by atoms with Crippen LogP contribution < -0.4 is 10.1 Å². The first-order chi connectivity index (χ1) is 18.0. The molecule has 0 bridgehead atoms. The molecule has 3 amide bonds. The van der Waals surface area contributed by atoms with Crippen LogP contribution in [0.3, 0.4) is 0 Å². The Morgan fingerprint density at radius 1 is 0.973 bits per heavy atom. The highest BCUT2D eigenvalue weighted by atomic mass is 19.1. The highest BCUT2D eigenvalue weighted by Gasteiger charge is 2.27. The van der Waals surface area contributed by atoms with Gasteiger partial charge in [-0.05, 0) is 61.7 Å². The molecule has 0 atom stereocenters. The Morgan fingerprint density at radius 2 is 1.65 bits per heavy atom. The summed E-state index contributed by atoms with van der Waals surface area (Å²) < 4.78 is 18.8. The van der Waals surface area contributed by atoms with E-state index in [9.17, 15) is 14.0 Å². The second kappa shape index (κ2) is 13.4. The first-order valence-electron chi connectivity index (χ1n) is 13.6. The maximum atomic E-state index is 13.4. The third-order valence-electron chi connectivity index (χ3n) is 7.32. The molecule has 200 valence electrons. The zero-order valence-corrected chi connectivity index (χ0v) is 21.8. The third kappa shape index (κ3) is 7.92. The number of benzene rings is 2. The van der Waals surface area contributed by atoms with Gasteiger partial charge in [0.1, 0.15) is 11.6 Å². The minimum Gasteiger partial charge on any atom is -0.494 e. The van der Waals surface area contributed by atoms with E-state index in [2.05, 4.69) is 10.2 Å². The van der Waals surface area contributed by atoms with Gasteiger partial charge in [0.05, 0.1) is 6.61 Å². The van der Waals surface area contributed by atoms with Gasteiger partial charge in [0, 0.05) is 57.4 Å². The molecule has 2 fully saturated rings. The van der Waals surface area contributed by atoms with Gasteiger partial charge in [-0.25, -0.2) is 9.18 Å². The zero-order chi connectivity index (χ0) is 26.0. The number of hydrogen-bond donors (Lipinski definition) is 1. The Labute approximate surface area is 219 Å². The van der Waals surface area contributed by atoms with Crippen molar-refractivity contribution in [3.8, 4) is 5.75 Å². The number of halogens is 1. The average Bonchev–Trinajstić information content (AvgIpc) is 2.93. The van der Waals surface area contributed by atoms with Gasteiger partial charge in [-0.2, -0.15) is 0 Å². The van der Waals surface area contributed by atoms with Crippen LogP contribution in [0.4, 0.5) is 14.9 Å². The van der Waals surface area contributed by atoms with E-state index in [0.717, 1.165) is 62.3 Å². The molecule has 1 aliphatic heterocycles. The number of carbonyl (C=O) groups is 2. The molecule has 0 spiro atoms. The Morgan fingerprint density at radius 3 is 2.30 bits per heavy atom. The lowest BCUT2D eigenvalue weighted by Gasteiger charge is -2.36. The molecule has 8 heteroatoms. The summed E-state index contributed by atoms with van der Waals surface area (Å²) in [6.45, 7) is 7.23. The molecule has 1 heterocycles. The van der Waals surface area contributed by atoms with Crippen LogP contribution in [0.15, 0.2) is 48.5 Å². The Balaban J connectivity index is 1.27. The second-order valence-corrected chi connectivity index (χ2v) is 9.94. The average molecular weight is 511 g/mol. The standard InChI is InChI=1S/C29H39FN4O3/c1-2-37-27-14-12-26(13-15-27)31-29(36)33-19-16-32(17-20-33)18-21-34(22-23-8-10-25(30)11-9-23)28(35)24-6-4-3-5-7-24/h8-15,24H,2-7,16-22H2,1H3,(H,31,36). The van der Waals surface area contributed by atoms with Crippen molar-refractivity contribution >= 4 is 17.6 Å². The molecule has 0 radical (unpaired) electrons. The van der Waals surface area contributed by atoms with E-state index in [0.29, 0.717) is 32.8 Å². The Bertz CT molecular complexity index is 1000. The van der Waals surface area contributed by atoms with Crippen LogP contribution >= 0.6 is 0 Å². The van der Waals surface area contributed by atoms with Crippen molar-refractivity contribution in [2.75, 3.05) is 51.2 Å². The first kappa shape index (κ1) is 26.9. The summed E-state index contributed by atoms with van der Waals surface area (Å²) in [5.41, 5.74) is 1.69. The number of ether oxygens (including phenoxy) is 1. The number of hydrogen-bond acceptors (Lipinski definition) is 4. The Kier molecular flexibility index (Phi) is 9.77. The second-order valence-electron chi connectivity index (χ2n) is 9.94. The van der Waals surface area contributed by atoms with Gasteiger partial charge in [-0.15, -0.1) is 0 Å². The summed E-state index contributed by atoms with van der Waals surface area (Å²) in [5.74, 6) is 0.831. The molecule has 4 rings (SSSR count). The topological polar surface area (TPSA) is 65.1 Å². The lowest BCUT2D eigenvalue weighted by atomic mass is 9.88. The van der Waals surface area contributed by atoms with Gasteiger partial charge in [0.25, 0.3) is 0 Å². The Hall–Kier alpha value is -3.13. The van der Waals surface area contributed by atoms with Crippen LogP contribution in [0.2, 0.25) is 0 Å². The fraction of sp³-hybridized carbons (Fsp3) is 0.517. The van der Waals surface area contributed by atoms with Crippen molar-refractivity contribution in [2.24, 2.45) is 5.92 Å². The van der Waals surface area contributed by atoms with E-state index in [4.69, 9.17) is 4.74 Å². The monoisotopic (exact) mass is 510 g/mol. The van der Waals surface area contributed by atoms with Crippen LogP contribution in [-0.2, 0) is 11.3 Å². The van der Waals surface area contributed by atoms with Crippen LogP contribution in [0, 0.1) is 11.7 Å². The molecule has 0 aromatic heterocycles. The number of carbonyl (C=O) groups excluding carboxylic acids is 2. The van der Waals surface area contributed by atoms with Gasteiger partial charge in [0.2, 0.25) is 5.91 Å². The lowest BCUT2D eigenvalue weighted by molar-refractivity contribution is -0.137. The third-order valence-corrected chi connectivity index (χ3v) is 7.32. The lowest BCUT2D eigenvalue weighted by Crippen LogP contribution is -2.51. The summed E-state index contributed by atoms with van der Waals surface area (Å²) in [4.78, 5) is 32.2. The van der Waals surface area contributed by atoms with Gasteiger partial charge in [0.15, 0.2) is 0 Å². The molecule has 2 aromatic carbocycles. The summed E-state index contributed by atoms with van der Waals surface area (Å²) in [6.07, 6.45) is 5.35. The number of anilines is 1. The van der Waals surface area contributed by atoms with Gasteiger partial charge in [-0.1, -0.05) is 31.4 Å². The number of rotatable bonds is 9. The summed E-state index contributed by atoms with van der Waals surface area (Å²) >= 11 is 0. The molecule has 1 N–H and O–H groups in total. The smallest absolute Gasteiger partial charge is 0.321 e. The minimum atomic E-state index is -0.265. The molecule has 2 aliphatic rings. The number of piperazine rings is 1. The van der Waals surface area contributed by atoms with Crippen LogP contribution in [0.25, 0.3) is 0 Å². The van der Waals surface area contributed by atoms with E-state index >= 15 is 0 Å². The van der Waals surface area contributed by atoms with E-state index in [1.165, 1.54) is 18.6 Å². The molecular formula is C29H39FN4O3. The normalized spacial score (nSPS) is 16.9. The van der Waals surface area contributed by atoms with Crippen molar-refractivity contribution < 1.29 is 18.7 Å². The zero-order valence-electron chi connectivity index (χ0n) is 21.8. The quantitative estimate of drug-likeness (QED) is 0.517. The maximum absolute atomic E-state index is 13.4. The fourth-order valence-electron chi connectivity index (χ4n) is 5.13. The van der Waals surface area contributed by atoms with Crippen LogP contribution in [-0.4, -0.2) is 72.5 Å². The molecule has 37 heavy (non-hydrogen) atoms. The van der Waals surface area contributed by atoms with E-state index < -0.39 is 0 Å². The van der Waals surface area contributed by atoms with Gasteiger partial charge >= 0.3 is 6.03 Å². The van der Waals surface area contributed by atoms with Crippen molar-refractivity contribution in [3.05, 3.63) is 59.9 Å². The minimum absolute atomic E-state index is 0.0948. The molecule has 0 unspecified atom stereocenters. The number of urea groups is 1. The van der Waals surface area contributed by atoms with Crippen molar-refractivity contribution in [2.45, 2.75) is 45.6 Å². The summed E-state index contributed by atoms with van der Waals surface area (Å²) in [7, 11) is 0. The molecular weight excluding hydrogens is 471 g/mol. The SMILES string of the molecule is CCOc1ccc(NC(=O)N2CCN(CCN(Cc3ccc(F)cc3)C(=O)C3CCCCC3)CC2)cc1. The number of nitrogens with one attached hydrogen (secondary N) is 1. The largest absolute Gasteiger partial charge is 0.494 e. The number of amides is 3. The van der Waals surface area contributed by atoms with Crippen molar-refractivity contribution in [1.29, 1.82) is 0 Å². The predicted octanol–water partition coefficient (Wildman–Crippen LogP) is 4.98. The van der Waals surface area contributed by atoms with E-state index in [1.807, 2.05) is 41.0 Å². The van der Waals surface area contributed by atoms with Crippen molar-refractivity contribution in [1.82, 2.24) is 14.7 Å². The van der Waals surface area contributed by atoms with Crippen LogP contribution in [0.5, 0.6) is 5.75 Å². The summed E-state index contributed by atoms with van der Waals surface area (Å²) in [5, 5.41) is 2.96. The molecule has 1 saturated carbocycles. The van der Waals surface area contributed by atoms with Gasteiger partial charge in [-0.3, -0.25) is 9.69 Å². The summed E-state index contributed by atoms with van der Waals surface area (Å²) in [6, 6.07) is 13.7. The first-order valence-corrected chi connectivity index (χ1v) is 13.6. The molecule has 1 saturated heterocycles. The fourth-order valence-corrected chi connectivity index (χ4v) is 5.13. The molecule has 1 aliphatic carbocycles. The van der Waals surface area contributed by atoms with E-state index in [-0.39, 0.29) is 23.7 Å². The van der Waals surface area contributed by atoms with E-state index in [1.54, 1.807) is 12.1 Å². The number of nitrogens with zero attached hydrogens (tertiary/aromatic N) is 3. The molecule has 7 nitrogen and oxygen atoms in total. The highest BCUT2D eigenvalue weighted by molar-refractivity contribution is 5.89.